The fraction of sp³-hybridized carbons (Fsp3) is 0.762. The quantitative estimate of drug-likeness (QED) is 0.707. The van der Waals surface area contributed by atoms with E-state index >= 15 is 0 Å². The number of nitrogens with zero attached hydrogens (tertiary/aromatic N) is 1. The smallest absolute Gasteiger partial charge is 0.200 e. The van der Waals surface area contributed by atoms with Gasteiger partial charge in [0.05, 0.1) is 6.10 Å². The Hall–Kier alpha value is -1.07. The molecule has 5 rings (SSSR count). The van der Waals surface area contributed by atoms with Crippen LogP contribution in [0.4, 0.5) is 0 Å². The maximum absolute atomic E-state index is 6.46. The molecule has 0 aliphatic carbocycles. The van der Waals surface area contributed by atoms with E-state index in [1.807, 2.05) is 40.0 Å². The van der Waals surface area contributed by atoms with Gasteiger partial charge in [-0.25, -0.2) is 4.98 Å². The molecule has 7 atom stereocenters. The van der Waals surface area contributed by atoms with Crippen molar-refractivity contribution >= 4 is 17.1 Å². The first-order valence-corrected chi connectivity index (χ1v) is 11.4. The molecule has 4 aliphatic heterocycles. The normalized spacial score (nSPS) is 41.6. The van der Waals surface area contributed by atoms with E-state index in [1.54, 1.807) is 6.20 Å². The zero-order valence-electron chi connectivity index (χ0n) is 17.9. The predicted octanol–water partition coefficient (Wildman–Crippen LogP) is 3.28. The molecular formula is C21H29NO7S. The number of aromatic nitrogens is 1. The highest BCUT2D eigenvalue weighted by Gasteiger charge is 2.62. The maximum atomic E-state index is 6.46. The Kier molecular flexibility index (Phi) is 5.21. The van der Waals surface area contributed by atoms with Crippen molar-refractivity contribution in [3.63, 3.8) is 0 Å². The zero-order chi connectivity index (χ0) is 21.1. The highest BCUT2D eigenvalue weighted by atomic mass is 32.1. The summed E-state index contributed by atoms with van der Waals surface area (Å²) in [7, 11) is 0. The second kappa shape index (κ2) is 7.51. The van der Waals surface area contributed by atoms with Crippen LogP contribution in [0.25, 0.3) is 5.76 Å². The Balaban J connectivity index is 1.47. The zero-order valence-corrected chi connectivity index (χ0v) is 18.7. The van der Waals surface area contributed by atoms with Gasteiger partial charge in [-0.05, 0) is 40.7 Å². The minimum atomic E-state index is -0.740. The summed E-state index contributed by atoms with van der Waals surface area (Å²) in [5.74, 6) is -0.776. The fourth-order valence-corrected chi connectivity index (χ4v) is 5.29. The Bertz CT molecular complexity index is 795. The number of thiazole rings is 1. The maximum Gasteiger partial charge on any atom is 0.200 e. The van der Waals surface area contributed by atoms with Crippen molar-refractivity contribution in [2.75, 3.05) is 6.61 Å². The van der Waals surface area contributed by atoms with E-state index < -0.39 is 17.9 Å². The molecule has 3 saturated heterocycles. The predicted molar refractivity (Wildman–Crippen MR) is 107 cm³/mol. The van der Waals surface area contributed by atoms with Crippen molar-refractivity contribution in [3.8, 4) is 0 Å². The molecule has 30 heavy (non-hydrogen) atoms. The number of rotatable bonds is 4. The summed E-state index contributed by atoms with van der Waals surface area (Å²) >= 11 is 1.53. The minimum Gasteiger partial charge on any atom is -0.462 e. The Morgan fingerprint density at radius 3 is 2.43 bits per heavy atom. The van der Waals surface area contributed by atoms with Gasteiger partial charge in [-0.15, -0.1) is 11.3 Å². The van der Waals surface area contributed by atoms with Crippen molar-refractivity contribution in [3.05, 3.63) is 22.7 Å². The van der Waals surface area contributed by atoms with Crippen molar-refractivity contribution < 1.29 is 33.2 Å². The van der Waals surface area contributed by atoms with Gasteiger partial charge in [0.15, 0.2) is 28.6 Å². The molecule has 1 aromatic heterocycles. The molecule has 9 heteroatoms. The molecule has 0 bridgehead atoms. The van der Waals surface area contributed by atoms with E-state index in [1.165, 1.54) is 11.3 Å². The second-order valence-electron chi connectivity index (χ2n) is 8.90. The average Bonchev–Trinajstić information content (AvgIpc) is 3.36. The van der Waals surface area contributed by atoms with Crippen molar-refractivity contribution in [2.45, 2.75) is 89.6 Å². The summed E-state index contributed by atoms with van der Waals surface area (Å²) in [5, 5.41) is 2.75. The Morgan fingerprint density at radius 2 is 1.73 bits per heavy atom. The van der Waals surface area contributed by atoms with Gasteiger partial charge in [0.2, 0.25) is 6.29 Å². The van der Waals surface area contributed by atoms with E-state index in [9.17, 15) is 0 Å². The van der Waals surface area contributed by atoms with Gasteiger partial charge in [-0.2, -0.15) is 0 Å². The van der Waals surface area contributed by atoms with Gasteiger partial charge in [0.1, 0.15) is 18.3 Å². The largest absolute Gasteiger partial charge is 0.462 e. The molecule has 5 heterocycles. The van der Waals surface area contributed by atoms with Crippen LogP contribution in [0.1, 0.15) is 46.0 Å². The van der Waals surface area contributed by atoms with E-state index in [0.29, 0.717) is 18.8 Å². The second-order valence-corrected chi connectivity index (χ2v) is 9.80. The summed E-state index contributed by atoms with van der Waals surface area (Å²) in [6, 6.07) is 0. The van der Waals surface area contributed by atoms with E-state index in [-0.39, 0.29) is 36.6 Å². The standard InChI is InChI=1S/C21H29NO7S/c1-6-23-13-10-11(9-12(24-13)18-22-7-8-30-18)14-15-16(27-20(2,3)26-15)17-19(25-14)29-21(4,5)28-17/h7-9,11,13-17,19H,6,10H2,1-5H3/t11-,13-,14-,15+,16+,17-,19-/m1/s1. The summed E-state index contributed by atoms with van der Waals surface area (Å²) < 4.78 is 43.1. The van der Waals surface area contributed by atoms with E-state index in [2.05, 4.69) is 11.1 Å². The van der Waals surface area contributed by atoms with E-state index in [4.69, 9.17) is 33.2 Å². The van der Waals surface area contributed by atoms with Crippen LogP contribution in [-0.4, -0.2) is 60.2 Å². The number of fused-ring (bicyclic) bond motifs is 3. The fourth-order valence-electron chi connectivity index (χ4n) is 4.68. The summed E-state index contributed by atoms with van der Waals surface area (Å²) in [6.07, 6.45) is 2.38. The topological polar surface area (TPSA) is 77.5 Å². The molecule has 4 aliphatic rings. The first kappa shape index (κ1) is 20.8. The monoisotopic (exact) mass is 439 g/mol. The van der Waals surface area contributed by atoms with Gasteiger partial charge in [-0.3, -0.25) is 0 Å². The molecular weight excluding hydrogens is 410 g/mol. The molecule has 0 radical (unpaired) electrons. The molecule has 8 nitrogen and oxygen atoms in total. The number of hydrogen-bond acceptors (Lipinski definition) is 9. The molecule has 166 valence electrons. The minimum absolute atomic E-state index is 0.0209. The third-order valence-electron chi connectivity index (χ3n) is 5.70. The SMILES string of the molecule is CCO[C@H]1C[C@H]([C@H]2O[C@@H]3OC(C)(C)O[C@@H]3[C@H]3OC(C)(C)O[C@H]32)C=C(c2nccs2)O1. The van der Waals surface area contributed by atoms with Crippen LogP contribution in [0, 0.1) is 5.92 Å². The van der Waals surface area contributed by atoms with Gasteiger partial charge in [0.25, 0.3) is 0 Å². The lowest BCUT2D eigenvalue weighted by molar-refractivity contribution is -0.247. The summed E-state index contributed by atoms with van der Waals surface area (Å²) in [4.78, 5) is 4.40. The first-order chi connectivity index (χ1) is 14.2. The van der Waals surface area contributed by atoms with Crippen LogP contribution >= 0.6 is 11.3 Å². The van der Waals surface area contributed by atoms with Crippen LogP contribution in [0.3, 0.4) is 0 Å². The third-order valence-corrected chi connectivity index (χ3v) is 6.48. The molecule has 0 amide bonds. The molecule has 3 fully saturated rings. The van der Waals surface area contributed by atoms with Gasteiger partial charge >= 0.3 is 0 Å². The van der Waals surface area contributed by atoms with Crippen LogP contribution in [0.2, 0.25) is 0 Å². The van der Waals surface area contributed by atoms with Crippen LogP contribution < -0.4 is 0 Å². The van der Waals surface area contributed by atoms with Gasteiger partial charge in [0, 0.05) is 30.5 Å². The molecule has 0 aromatic carbocycles. The van der Waals surface area contributed by atoms with Crippen LogP contribution in [0.5, 0.6) is 0 Å². The van der Waals surface area contributed by atoms with Crippen LogP contribution in [-0.2, 0) is 33.2 Å². The molecule has 1 aromatic rings. The lowest BCUT2D eigenvalue weighted by Gasteiger charge is -2.42. The first-order valence-electron chi connectivity index (χ1n) is 10.5. The molecule has 0 N–H and O–H groups in total. The van der Waals surface area contributed by atoms with Crippen molar-refractivity contribution in [2.24, 2.45) is 5.92 Å². The lowest BCUT2D eigenvalue weighted by atomic mass is 9.86. The molecule has 0 saturated carbocycles. The van der Waals surface area contributed by atoms with Crippen molar-refractivity contribution in [1.82, 2.24) is 4.98 Å². The summed E-state index contributed by atoms with van der Waals surface area (Å²) in [5.41, 5.74) is 0. The lowest BCUT2D eigenvalue weighted by Crippen LogP contribution is -2.57. The number of hydrogen-bond donors (Lipinski definition) is 0. The highest BCUT2D eigenvalue weighted by Crippen LogP contribution is 2.47. The molecule has 0 unspecified atom stereocenters. The Morgan fingerprint density at radius 1 is 1.03 bits per heavy atom. The van der Waals surface area contributed by atoms with Gasteiger partial charge in [-0.1, -0.05) is 0 Å². The Labute approximate surface area is 180 Å². The van der Waals surface area contributed by atoms with Crippen molar-refractivity contribution in [1.29, 1.82) is 0 Å². The van der Waals surface area contributed by atoms with E-state index in [0.717, 1.165) is 5.01 Å². The molecule has 0 spiro atoms. The average molecular weight is 440 g/mol. The van der Waals surface area contributed by atoms with Gasteiger partial charge < -0.3 is 33.2 Å². The number of ether oxygens (including phenoxy) is 7. The summed E-state index contributed by atoms with van der Waals surface area (Å²) in [6.45, 7) is 10.1. The third kappa shape index (κ3) is 3.81. The highest BCUT2D eigenvalue weighted by molar-refractivity contribution is 7.10. The van der Waals surface area contributed by atoms with Crippen LogP contribution in [0.15, 0.2) is 17.7 Å².